The van der Waals surface area contributed by atoms with Crippen molar-refractivity contribution < 1.29 is 14.6 Å². The Balaban J connectivity index is 1.77. The summed E-state index contributed by atoms with van der Waals surface area (Å²) in [5.41, 5.74) is 2.97. The molecule has 3 aromatic rings. The van der Waals surface area contributed by atoms with Gasteiger partial charge in [-0.1, -0.05) is 0 Å². The van der Waals surface area contributed by atoms with Crippen molar-refractivity contribution in [3.8, 4) is 5.95 Å². The molecule has 0 saturated heterocycles. The van der Waals surface area contributed by atoms with Crippen LogP contribution in [0.2, 0.25) is 0 Å². The summed E-state index contributed by atoms with van der Waals surface area (Å²) in [5, 5.41) is 17.9. The second-order valence-corrected chi connectivity index (χ2v) is 8.97. The number of hydrogen-bond acceptors (Lipinski definition) is 8. The van der Waals surface area contributed by atoms with Gasteiger partial charge in [-0.25, -0.2) is 4.68 Å². The van der Waals surface area contributed by atoms with E-state index in [0.29, 0.717) is 32.3 Å². The van der Waals surface area contributed by atoms with Gasteiger partial charge in [0.2, 0.25) is 0 Å². The number of fused-ring (bicyclic) bond motifs is 3. The number of aromatic nitrogens is 4. The van der Waals surface area contributed by atoms with Crippen LogP contribution in [0.3, 0.4) is 0 Å². The zero-order chi connectivity index (χ0) is 20.6. The van der Waals surface area contributed by atoms with Gasteiger partial charge in [-0.15, -0.1) is 11.3 Å². The Hall–Kier alpha value is -2.07. The number of anilines is 1. The predicted octanol–water partition coefficient (Wildman–Crippen LogP) is 2.77. The fraction of sp³-hybridized carbons (Fsp3) is 0.550. The minimum absolute atomic E-state index is 0.0208. The molecule has 3 aromatic heterocycles. The number of hydrogen-bond donors (Lipinski definition) is 2. The zero-order valence-electron chi connectivity index (χ0n) is 17.3. The first-order chi connectivity index (χ1) is 13.9. The van der Waals surface area contributed by atoms with Crippen molar-refractivity contribution >= 4 is 27.4 Å². The Morgan fingerprint density at radius 3 is 2.86 bits per heavy atom. The third-order valence-corrected chi connectivity index (χ3v) is 5.99. The molecule has 1 aliphatic rings. The first kappa shape index (κ1) is 20.2. The molecule has 4 heterocycles. The number of ether oxygens (including phenoxy) is 2. The normalized spacial score (nSPS) is 15.6. The fourth-order valence-electron chi connectivity index (χ4n) is 3.60. The van der Waals surface area contributed by atoms with Crippen molar-refractivity contribution in [1.29, 1.82) is 0 Å². The van der Waals surface area contributed by atoms with Gasteiger partial charge in [0, 0.05) is 23.5 Å². The van der Waals surface area contributed by atoms with E-state index in [1.54, 1.807) is 16.0 Å². The second kappa shape index (κ2) is 7.98. The zero-order valence-corrected chi connectivity index (χ0v) is 18.1. The molecule has 0 aliphatic carbocycles. The third-order valence-electron chi connectivity index (χ3n) is 4.89. The van der Waals surface area contributed by atoms with E-state index in [9.17, 15) is 0 Å². The summed E-state index contributed by atoms with van der Waals surface area (Å²) in [6.07, 6.45) is 0.820. The molecule has 29 heavy (non-hydrogen) atoms. The van der Waals surface area contributed by atoms with Crippen LogP contribution < -0.4 is 5.32 Å². The molecule has 0 fully saturated rings. The van der Waals surface area contributed by atoms with Gasteiger partial charge in [-0.3, -0.25) is 0 Å². The molecular formula is C20H27N5O3S. The average molecular weight is 418 g/mol. The number of nitrogens with zero attached hydrogens (tertiary/aromatic N) is 4. The highest BCUT2D eigenvalue weighted by atomic mass is 32.1. The van der Waals surface area contributed by atoms with E-state index in [2.05, 4.69) is 24.3 Å². The summed E-state index contributed by atoms with van der Waals surface area (Å²) < 4.78 is 13.2. The van der Waals surface area contributed by atoms with Gasteiger partial charge in [0.05, 0.1) is 43.1 Å². The van der Waals surface area contributed by atoms with Crippen LogP contribution in [0.5, 0.6) is 0 Å². The van der Waals surface area contributed by atoms with E-state index < -0.39 is 0 Å². The van der Waals surface area contributed by atoms with Crippen molar-refractivity contribution in [3.63, 3.8) is 0 Å². The molecular weight excluding hydrogens is 390 g/mol. The lowest BCUT2D eigenvalue weighted by Crippen LogP contribution is -2.31. The van der Waals surface area contributed by atoms with Crippen molar-refractivity contribution in [2.24, 2.45) is 0 Å². The Morgan fingerprint density at radius 1 is 1.31 bits per heavy atom. The highest BCUT2D eigenvalue weighted by molar-refractivity contribution is 7.19. The summed E-state index contributed by atoms with van der Waals surface area (Å²) >= 11 is 1.66. The lowest BCUT2D eigenvalue weighted by Gasteiger charge is -2.30. The highest BCUT2D eigenvalue weighted by Gasteiger charge is 2.31. The predicted molar refractivity (Wildman–Crippen MR) is 113 cm³/mol. The highest BCUT2D eigenvalue weighted by Crippen LogP contribution is 2.41. The molecule has 0 spiro atoms. The minimum atomic E-state index is -0.211. The maximum atomic E-state index is 8.88. The van der Waals surface area contributed by atoms with Crippen LogP contribution in [0.1, 0.15) is 35.7 Å². The maximum Gasteiger partial charge on any atom is 0.254 e. The first-order valence-electron chi connectivity index (χ1n) is 9.80. The van der Waals surface area contributed by atoms with E-state index in [-0.39, 0.29) is 12.2 Å². The largest absolute Gasteiger partial charge is 0.394 e. The molecule has 8 nitrogen and oxygen atoms in total. The smallest absolute Gasteiger partial charge is 0.254 e. The van der Waals surface area contributed by atoms with Gasteiger partial charge in [0.1, 0.15) is 10.6 Å². The van der Waals surface area contributed by atoms with E-state index in [4.69, 9.17) is 24.5 Å². The summed E-state index contributed by atoms with van der Waals surface area (Å²) in [6.45, 7) is 10.2. The van der Waals surface area contributed by atoms with Crippen molar-refractivity contribution in [1.82, 2.24) is 19.7 Å². The van der Waals surface area contributed by atoms with Crippen molar-refractivity contribution in [2.75, 3.05) is 31.7 Å². The number of thiophene rings is 1. The lowest BCUT2D eigenvalue weighted by molar-refractivity contribution is -0.0379. The van der Waals surface area contributed by atoms with Crippen LogP contribution in [0, 0.1) is 13.8 Å². The maximum absolute atomic E-state index is 8.88. The molecule has 4 rings (SSSR count). The van der Waals surface area contributed by atoms with Gasteiger partial charge in [-0.2, -0.15) is 15.1 Å². The Bertz CT molecular complexity index is 1030. The van der Waals surface area contributed by atoms with E-state index in [1.807, 2.05) is 19.9 Å². The topological polar surface area (TPSA) is 94.3 Å². The quantitative estimate of drug-likeness (QED) is 0.571. The van der Waals surface area contributed by atoms with Crippen LogP contribution in [0.4, 0.5) is 5.82 Å². The van der Waals surface area contributed by atoms with Crippen LogP contribution >= 0.6 is 11.3 Å². The van der Waals surface area contributed by atoms with E-state index in [1.165, 1.54) is 10.4 Å². The van der Waals surface area contributed by atoms with Gasteiger partial charge >= 0.3 is 0 Å². The molecule has 0 bridgehead atoms. The molecule has 0 aromatic carbocycles. The average Bonchev–Trinajstić information content (AvgIpc) is 3.19. The summed E-state index contributed by atoms with van der Waals surface area (Å²) in [6, 6.07) is 2.01. The summed E-state index contributed by atoms with van der Waals surface area (Å²) in [5.74, 6) is 1.35. The molecule has 0 radical (unpaired) electrons. The third kappa shape index (κ3) is 4.13. The summed E-state index contributed by atoms with van der Waals surface area (Å²) in [7, 11) is 0. The van der Waals surface area contributed by atoms with Crippen molar-refractivity contribution in [3.05, 3.63) is 27.9 Å². The fourth-order valence-corrected chi connectivity index (χ4v) is 4.69. The molecule has 156 valence electrons. The molecule has 0 saturated carbocycles. The molecule has 9 heteroatoms. The second-order valence-electron chi connectivity index (χ2n) is 7.88. The molecule has 2 N–H and O–H groups in total. The number of aliphatic hydroxyl groups is 1. The SMILES string of the molecule is Cc1cc(C)n(-c2nc(NCCOCCO)c3c4c(sc3n2)COC(C)(C)C4)n1. The number of nitrogens with one attached hydrogen (secondary N) is 1. The van der Waals surface area contributed by atoms with Crippen LogP contribution in [0.15, 0.2) is 6.07 Å². The Morgan fingerprint density at radius 2 is 2.14 bits per heavy atom. The molecule has 1 aliphatic heterocycles. The lowest BCUT2D eigenvalue weighted by atomic mass is 9.94. The van der Waals surface area contributed by atoms with Gasteiger partial charge in [-0.05, 0) is 39.3 Å². The summed E-state index contributed by atoms with van der Waals surface area (Å²) in [4.78, 5) is 11.8. The van der Waals surface area contributed by atoms with Crippen molar-refractivity contribution in [2.45, 2.75) is 46.3 Å². The van der Waals surface area contributed by atoms with Gasteiger partial charge in [0.15, 0.2) is 0 Å². The van der Waals surface area contributed by atoms with Crippen LogP contribution in [-0.4, -0.2) is 56.8 Å². The molecule has 0 atom stereocenters. The number of aliphatic hydroxyl groups excluding tert-OH is 1. The molecule has 0 amide bonds. The minimum Gasteiger partial charge on any atom is -0.394 e. The Labute approximate surface area is 173 Å². The van der Waals surface area contributed by atoms with Gasteiger partial charge < -0.3 is 19.9 Å². The van der Waals surface area contributed by atoms with E-state index >= 15 is 0 Å². The Kier molecular flexibility index (Phi) is 5.56. The number of rotatable bonds is 7. The van der Waals surface area contributed by atoms with Crippen LogP contribution in [0.25, 0.3) is 16.2 Å². The van der Waals surface area contributed by atoms with Gasteiger partial charge in [0.25, 0.3) is 5.95 Å². The van der Waals surface area contributed by atoms with Crippen LogP contribution in [-0.2, 0) is 22.5 Å². The standard InChI is InChI=1S/C20H27N5O3S/c1-12-9-13(2)25(24-12)19-22-17(21-5-7-27-8-6-26)16-14-10-20(3,4)28-11-15(14)29-18(16)23-19/h9,26H,5-8,10-11H2,1-4H3,(H,21,22,23). The number of aryl methyl sites for hydroxylation is 2. The molecule has 0 unspecified atom stereocenters. The van der Waals surface area contributed by atoms with E-state index in [0.717, 1.165) is 33.8 Å². The monoisotopic (exact) mass is 417 g/mol. The first-order valence-corrected chi connectivity index (χ1v) is 10.6.